The highest BCUT2D eigenvalue weighted by molar-refractivity contribution is 6.29. The lowest BCUT2D eigenvalue weighted by atomic mass is 10.4. The summed E-state index contributed by atoms with van der Waals surface area (Å²) in [7, 11) is 0. The van der Waals surface area contributed by atoms with Crippen molar-refractivity contribution >= 4 is 11.6 Å². The maximum atomic E-state index is 12.3. The molecule has 0 saturated carbocycles. The minimum atomic E-state index is -5.77. The first-order chi connectivity index (χ1) is 6.72. The van der Waals surface area contributed by atoms with Crippen LogP contribution in [-0.4, -0.2) is 17.3 Å². The van der Waals surface area contributed by atoms with Gasteiger partial charge in [0.15, 0.2) is 0 Å². The van der Waals surface area contributed by atoms with E-state index in [0.29, 0.717) is 6.20 Å². The van der Waals surface area contributed by atoms with Gasteiger partial charge >= 0.3 is 12.3 Å². The summed E-state index contributed by atoms with van der Waals surface area (Å²) in [5, 5.41) is -0.0438. The molecular formula is C7H3ClF5NO. The van der Waals surface area contributed by atoms with Crippen molar-refractivity contribution in [1.29, 1.82) is 0 Å². The van der Waals surface area contributed by atoms with E-state index in [-0.39, 0.29) is 5.15 Å². The number of hydrogen-bond donors (Lipinski definition) is 0. The third-order valence-corrected chi connectivity index (χ3v) is 1.50. The third kappa shape index (κ3) is 2.92. The van der Waals surface area contributed by atoms with Crippen LogP contribution in [-0.2, 0) is 0 Å². The molecule has 0 radical (unpaired) electrons. The number of nitrogens with zero attached hydrogens (tertiary/aromatic N) is 1. The minimum Gasteiger partial charge on any atom is -0.424 e. The highest BCUT2D eigenvalue weighted by Gasteiger charge is 2.61. The Hall–Kier alpha value is -1.11. The van der Waals surface area contributed by atoms with Gasteiger partial charge in [-0.15, -0.1) is 0 Å². The lowest BCUT2D eigenvalue weighted by Gasteiger charge is -2.19. The third-order valence-electron chi connectivity index (χ3n) is 1.28. The summed E-state index contributed by atoms with van der Waals surface area (Å²) in [6.07, 6.45) is -10.4. The molecule has 84 valence electrons. The summed E-state index contributed by atoms with van der Waals surface area (Å²) in [4.78, 5) is 3.29. The van der Waals surface area contributed by atoms with Crippen LogP contribution in [0, 0.1) is 0 Å². The molecule has 1 heterocycles. The zero-order valence-corrected chi connectivity index (χ0v) is 7.61. The van der Waals surface area contributed by atoms with Crippen molar-refractivity contribution in [2.75, 3.05) is 0 Å². The highest BCUT2D eigenvalue weighted by atomic mass is 35.5. The van der Waals surface area contributed by atoms with E-state index in [0.717, 1.165) is 12.1 Å². The van der Waals surface area contributed by atoms with Gasteiger partial charge in [-0.25, -0.2) is 4.98 Å². The van der Waals surface area contributed by atoms with Crippen molar-refractivity contribution in [2.45, 2.75) is 12.3 Å². The van der Waals surface area contributed by atoms with Crippen LogP contribution in [0.3, 0.4) is 0 Å². The molecule has 15 heavy (non-hydrogen) atoms. The predicted octanol–water partition coefficient (Wildman–Crippen LogP) is 3.27. The second-order valence-corrected chi connectivity index (χ2v) is 2.82. The number of aromatic nitrogens is 1. The van der Waals surface area contributed by atoms with Crippen LogP contribution in [0.2, 0.25) is 5.15 Å². The van der Waals surface area contributed by atoms with E-state index in [4.69, 9.17) is 11.6 Å². The van der Waals surface area contributed by atoms with Crippen LogP contribution >= 0.6 is 11.6 Å². The van der Waals surface area contributed by atoms with Crippen LogP contribution in [0.15, 0.2) is 18.3 Å². The Morgan fingerprint density at radius 3 is 2.13 bits per heavy atom. The molecule has 0 aliphatic heterocycles. The molecule has 0 aliphatic rings. The van der Waals surface area contributed by atoms with Gasteiger partial charge in [-0.1, -0.05) is 11.6 Å². The standard InChI is InChI=1S/C7H3ClF5NO/c8-5-2-1-4(3-14-5)15-7(12,13)6(9,10)11/h1-3H. The Balaban J connectivity index is 2.82. The molecule has 0 bridgehead atoms. The van der Waals surface area contributed by atoms with E-state index in [1.807, 2.05) is 0 Å². The summed E-state index contributed by atoms with van der Waals surface area (Å²) in [6, 6.07) is 1.89. The van der Waals surface area contributed by atoms with Gasteiger partial charge in [0.05, 0.1) is 6.20 Å². The molecule has 1 rings (SSSR count). The fourth-order valence-electron chi connectivity index (χ4n) is 0.628. The van der Waals surface area contributed by atoms with Crippen LogP contribution in [0.5, 0.6) is 5.75 Å². The number of ether oxygens (including phenoxy) is 1. The summed E-state index contributed by atoms with van der Waals surface area (Å²) >= 11 is 5.30. The molecule has 0 aromatic carbocycles. The molecule has 2 nitrogen and oxygen atoms in total. The largest absolute Gasteiger partial charge is 0.499 e. The normalized spacial score (nSPS) is 12.7. The molecule has 8 heteroatoms. The Labute approximate surface area is 85.6 Å². The van der Waals surface area contributed by atoms with Gasteiger partial charge in [0.2, 0.25) is 0 Å². The zero-order chi connectivity index (χ0) is 11.7. The van der Waals surface area contributed by atoms with Gasteiger partial charge in [0, 0.05) is 0 Å². The van der Waals surface area contributed by atoms with Crippen LogP contribution in [0.4, 0.5) is 22.0 Å². The molecule has 0 N–H and O–H groups in total. The molecule has 0 amide bonds. The Kier molecular flexibility index (Phi) is 3.03. The Morgan fingerprint density at radius 2 is 1.73 bits per heavy atom. The zero-order valence-electron chi connectivity index (χ0n) is 6.86. The van der Waals surface area contributed by atoms with Gasteiger partial charge in [-0.05, 0) is 12.1 Å². The summed E-state index contributed by atoms with van der Waals surface area (Å²) < 4.78 is 63.1. The topological polar surface area (TPSA) is 22.1 Å². The monoisotopic (exact) mass is 247 g/mol. The van der Waals surface area contributed by atoms with Gasteiger partial charge < -0.3 is 4.74 Å². The highest BCUT2D eigenvalue weighted by Crippen LogP contribution is 2.37. The van der Waals surface area contributed by atoms with Crippen molar-refractivity contribution in [3.8, 4) is 5.75 Å². The molecule has 1 aromatic rings. The first kappa shape index (κ1) is 12.0. The Bertz CT molecular complexity index is 336. The first-order valence-corrected chi connectivity index (χ1v) is 3.85. The summed E-state index contributed by atoms with van der Waals surface area (Å²) in [5.74, 6) is -0.721. The number of alkyl halides is 5. The molecule has 0 spiro atoms. The molecule has 0 aliphatic carbocycles. The fourth-order valence-corrected chi connectivity index (χ4v) is 0.740. The van der Waals surface area contributed by atoms with Gasteiger partial charge in [0.1, 0.15) is 10.9 Å². The molecule has 0 unspecified atom stereocenters. The lowest BCUT2D eigenvalue weighted by Crippen LogP contribution is -2.41. The van der Waals surface area contributed by atoms with E-state index in [1.165, 1.54) is 0 Å². The van der Waals surface area contributed by atoms with E-state index >= 15 is 0 Å². The van der Waals surface area contributed by atoms with Gasteiger partial charge in [-0.3, -0.25) is 0 Å². The van der Waals surface area contributed by atoms with E-state index in [1.54, 1.807) is 0 Å². The van der Waals surface area contributed by atoms with Crippen molar-refractivity contribution in [3.63, 3.8) is 0 Å². The van der Waals surface area contributed by atoms with Crippen LogP contribution in [0.1, 0.15) is 0 Å². The average molecular weight is 248 g/mol. The molecule has 0 atom stereocenters. The molecule has 0 fully saturated rings. The SMILES string of the molecule is FC(F)(F)C(F)(F)Oc1ccc(Cl)nc1. The van der Waals surface area contributed by atoms with Crippen molar-refractivity contribution in [1.82, 2.24) is 4.98 Å². The van der Waals surface area contributed by atoms with Crippen molar-refractivity contribution in [2.24, 2.45) is 0 Å². The number of hydrogen-bond acceptors (Lipinski definition) is 2. The summed E-state index contributed by atoms with van der Waals surface area (Å²) in [5.41, 5.74) is 0. The van der Waals surface area contributed by atoms with Gasteiger partial charge in [0.25, 0.3) is 0 Å². The van der Waals surface area contributed by atoms with Gasteiger partial charge in [-0.2, -0.15) is 22.0 Å². The van der Waals surface area contributed by atoms with E-state index < -0.39 is 18.0 Å². The number of halogens is 6. The minimum absolute atomic E-state index is 0.0438. The van der Waals surface area contributed by atoms with Crippen LogP contribution < -0.4 is 4.74 Å². The molecule has 0 saturated heterocycles. The Morgan fingerprint density at radius 1 is 1.13 bits per heavy atom. The van der Waals surface area contributed by atoms with Crippen molar-refractivity contribution < 1.29 is 26.7 Å². The smallest absolute Gasteiger partial charge is 0.424 e. The maximum absolute atomic E-state index is 12.3. The fraction of sp³-hybridized carbons (Fsp3) is 0.286. The van der Waals surface area contributed by atoms with Crippen LogP contribution in [0.25, 0.3) is 0 Å². The predicted molar refractivity (Wildman–Crippen MR) is 40.9 cm³/mol. The number of pyridine rings is 1. The number of rotatable bonds is 2. The molecule has 1 aromatic heterocycles. The lowest BCUT2D eigenvalue weighted by molar-refractivity contribution is -0.360. The molecular weight excluding hydrogens is 245 g/mol. The first-order valence-electron chi connectivity index (χ1n) is 3.47. The maximum Gasteiger partial charge on any atom is 0.499 e. The van der Waals surface area contributed by atoms with Crippen molar-refractivity contribution in [3.05, 3.63) is 23.5 Å². The second kappa shape index (κ2) is 3.80. The second-order valence-electron chi connectivity index (χ2n) is 2.43. The van der Waals surface area contributed by atoms with E-state index in [2.05, 4.69) is 9.72 Å². The average Bonchev–Trinajstić information content (AvgIpc) is 2.06. The van der Waals surface area contributed by atoms with E-state index in [9.17, 15) is 22.0 Å². The summed E-state index contributed by atoms with van der Waals surface area (Å²) in [6.45, 7) is 0. The quantitative estimate of drug-likeness (QED) is 0.591.